The lowest BCUT2D eigenvalue weighted by atomic mass is 10.2. The molecule has 0 radical (unpaired) electrons. The van der Waals surface area contributed by atoms with Gasteiger partial charge >= 0.3 is 0 Å². The molecule has 1 unspecified atom stereocenters. The number of hydrogen-bond acceptors (Lipinski definition) is 3. The molecule has 1 saturated heterocycles. The van der Waals surface area contributed by atoms with Crippen LogP contribution in [0, 0.1) is 0 Å². The molecular weight excluding hydrogens is 286 g/mol. The molecule has 1 aliphatic rings. The Balaban J connectivity index is 2.00. The van der Waals surface area contributed by atoms with Gasteiger partial charge < -0.3 is 0 Å². The van der Waals surface area contributed by atoms with E-state index in [1.165, 1.54) is 12.8 Å². The first-order valence-corrected chi connectivity index (χ1v) is 8.02. The minimum Gasteiger partial charge on any atom is -0.299 e. The number of hydrogen-bond donors (Lipinski definition) is 0. The number of para-hydroxylation sites is 1. The van der Waals surface area contributed by atoms with E-state index in [4.69, 9.17) is 11.6 Å². The second kappa shape index (κ2) is 6.16. The van der Waals surface area contributed by atoms with Crippen molar-refractivity contribution in [3.05, 3.63) is 40.4 Å². The Bertz CT molecular complexity index is 691. The zero-order valence-corrected chi connectivity index (χ0v) is 13.0. The van der Waals surface area contributed by atoms with Crippen LogP contribution in [0.2, 0.25) is 0 Å². The highest BCUT2D eigenvalue weighted by Crippen LogP contribution is 2.15. The van der Waals surface area contributed by atoms with Crippen LogP contribution in [0.4, 0.5) is 0 Å². The van der Waals surface area contributed by atoms with Crippen LogP contribution in [0.3, 0.4) is 0 Å². The van der Waals surface area contributed by atoms with E-state index < -0.39 is 0 Å². The minimum absolute atomic E-state index is 0.0160. The van der Waals surface area contributed by atoms with Crippen LogP contribution in [0.1, 0.15) is 25.6 Å². The lowest BCUT2D eigenvalue weighted by Gasteiger charge is -2.25. The van der Waals surface area contributed by atoms with Gasteiger partial charge in [-0.1, -0.05) is 12.1 Å². The normalized spacial score (nSPS) is 17.4. The highest BCUT2D eigenvalue weighted by Gasteiger charge is 2.20. The highest BCUT2D eigenvalue weighted by atomic mass is 35.5. The average Bonchev–Trinajstić information content (AvgIpc) is 3.04. The Morgan fingerprint density at radius 2 is 2.00 bits per heavy atom. The van der Waals surface area contributed by atoms with Crippen molar-refractivity contribution in [3.63, 3.8) is 0 Å². The fourth-order valence-electron chi connectivity index (χ4n) is 3.07. The van der Waals surface area contributed by atoms with Crippen molar-refractivity contribution >= 4 is 22.5 Å². The Hall–Kier alpha value is -1.39. The van der Waals surface area contributed by atoms with Gasteiger partial charge in [0.15, 0.2) is 0 Å². The third kappa shape index (κ3) is 2.83. The highest BCUT2D eigenvalue weighted by molar-refractivity contribution is 6.16. The van der Waals surface area contributed by atoms with E-state index in [0.717, 1.165) is 18.6 Å². The molecule has 1 aliphatic heterocycles. The second-order valence-electron chi connectivity index (χ2n) is 5.69. The van der Waals surface area contributed by atoms with Gasteiger partial charge in [-0.3, -0.25) is 14.3 Å². The number of fused-ring (bicyclic) bond motifs is 1. The van der Waals surface area contributed by atoms with Crippen LogP contribution in [0.25, 0.3) is 10.9 Å². The molecule has 21 heavy (non-hydrogen) atoms. The first kappa shape index (κ1) is 14.5. The summed E-state index contributed by atoms with van der Waals surface area (Å²) in [5, 5.41) is 0.667. The second-order valence-corrected chi connectivity index (χ2v) is 5.95. The fourth-order valence-corrected chi connectivity index (χ4v) is 3.27. The largest absolute Gasteiger partial charge is 0.299 e. The van der Waals surface area contributed by atoms with Crippen LogP contribution in [-0.2, 0) is 12.4 Å². The summed E-state index contributed by atoms with van der Waals surface area (Å²) < 4.78 is 1.75. The predicted octanol–water partition coefficient (Wildman–Crippen LogP) is 2.62. The van der Waals surface area contributed by atoms with Crippen molar-refractivity contribution in [2.45, 2.75) is 38.2 Å². The number of aromatic nitrogens is 2. The number of nitrogens with zero attached hydrogens (tertiary/aromatic N) is 3. The first-order chi connectivity index (χ1) is 10.2. The molecule has 0 bridgehead atoms. The smallest absolute Gasteiger partial charge is 0.261 e. The summed E-state index contributed by atoms with van der Waals surface area (Å²) in [6.45, 7) is 5.06. The van der Waals surface area contributed by atoms with Crippen molar-refractivity contribution in [3.8, 4) is 0 Å². The maximum Gasteiger partial charge on any atom is 0.261 e. The Labute approximate surface area is 129 Å². The van der Waals surface area contributed by atoms with Crippen molar-refractivity contribution in [1.29, 1.82) is 0 Å². The van der Waals surface area contributed by atoms with E-state index in [1.54, 1.807) is 4.57 Å². The molecule has 3 rings (SSSR count). The summed E-state index contributed by atoms with van der Waals surface area (Å²) in [6, 6.07) is 7.79. The Morgan fingerprint density at radius 3 is 2.71 bits per heavy atom. The van der Waals surface area contributed by atoms with E-state index in [0.29, 0.717) is 23.8 Å². The molecule has 5 heteroatoms. The Morgan fingerprint density at radius 1 is 1.29 bits per heavy atom. The summed E-state index contributed by atoms with van der Waals surface area (Å²) >= 11 is 6.01. The zero-order valence-electron chi connectivity index (χ0n) is 12.3. The maximum atomic E-state index is 12.7. The third-order valence-electron chi connectivity index (χ3n) is 4.27. The van der Waals surface area contributed by atoms with Gasteiger partial charge in [0.25, 0.3) is 5.56 Å². The monoisotopic (exact) mass is 305 g/mol. The van der Waals surface area contributed by atoms with Gasteiger partial charge in [-0.15, -0.1) is 11.6 Å². The van der Waals surface area contributed by atoms with Crippen molar-refractivity contribution in [1.82, 2.24) is 14.5 Å². The van der Waals surface area contributed by atoms with Crippen LogP contribution in [-0.4, -0.2) is 33.6 Å². The molecule has 1 atom stereocenters. The van der Waals surface area contributed by atoms with Gasteiger partial charge in [0.05, 0.1) is 16.8 Å². The average molecular weight is 306 g/mol. The standard InChI is InChI=1S/C16H20ClN3O/c1-12(19-8-4-5-9-19)11-20-15(10-17)18-14-7-3-2-6-13(14)16(20)21/h2-3,6-7,12H,4-5,8-11H2,1H3. The molecule has 0 aliphatic carbocycles. The molecule has 0 spiro atoms. The molecular formula is C16H20ClN3O. The summed E-state index contributed by atoms with van der Waals surface area (Å²) in [5.41, 5.74) is 0.741. The van der Waals surface area contributed by atoms with E-state index in [-0.39, 0.29) is 11.4 Å². The lowest BCUT2D eigenvalue weighted by molar-refractivity contribution is 0.232. The van der Waals surface area contributed by atoms with Gasteiger partial charge in [0.2, 0.25) is 0 Å². The van der Waals surface area contributed by atoms with Crippen molar-refractivity contribution < 1.29 is 0 Å². The predicted molar refractivity (Wildman–Crippen MR) is 85.8 cm³/mol. The quantitative estimate of drug-likeness (QED) is 0.815. The van der Waals surface area contributed by atoms with Crippen LogP contribution in [0.15, 0.2) is 29.1 Å². The van der Waals surface area contributed by atoms with E-state index in [1.807, 2.05) is 24.3 Å². The van der Waals surface area contributed by atoms with E-state index >= 15 is 0 Å². The number of likely N-dealkylation sites (tertiary alicyclic amines) is 1. The number of alkyl halides is 1. The van der Waals surface area contributed by atoms with Crippen molar-refractivity contribution in [2.24, 2.45) is 0 Å². The molecule has 1 aromatic heterocycles. The number of benzene rings is 1. The lowest BCUT2D eigenvalue weighted by Crippen LogP contribution is -2.38. The third-order valence-corrected chi connectivity index (χ3v) is 4.51. The minimum atomic E-state index is 0.0160. The van der Waals surface area contributed by atoms with Crippen LogP contribution >= 0.6 is 11.6 Å². The maximum absolute atomic E-state index is 12.7. The van der Waals surface area contributed by atoms with E-state index in [9.17, 15) is 4.79 Å². The molecule has 1 aromatic carbocycles. The molecule has 1 fully saturated rings. The Kier molecular flexibility index (Phi) is 4.27. The summed E-state index contributed by atoms with van der Waals surface area (Å²) in [7, 11) is 0. The molecule has 2 aromatic rings. The van der Waals surface area contributed by atoms with Gasteiger partial charge in [-0.25, -0.2) is 4.98 Å². The number of rotatable bonds is 4. The van der Waals surface area contributed by atoms with E-state index in [2.05, 4.69) is 16.8 Å². The number of halogens is 1. The van der Waals surface area contributed by atoms with Gasteiger partial charge in [0.1, 0.15) is 5.82 Å². The van der Waals surface area contributed by atoms with Gasteiger partial charge in [-0.2, -0.15) is 0 Å². The molecule has 112 valence electrons. The molecule has 0 saturated carbocycles. The summed E-state index contributed by atoms with van der Waals surface area (Å²) in [5.74, 6) is 0.915. The first-order valence-electron chi connectivity index (χ1n) is 7.49. The summed E-state index contributed by atoms with van der Waals surface area (Å²) in [4.78, 5) is 19.7. The topological polar surface area (TPSA) is 38.1 Å². The van der Waals surface area contributed by atoms with Crippen molar-refractivity contribution in [2.75, 3.05) is 13.1 Å². The SMILES string of the molecule is CC(Cn1c(CCl)nc2ccccc2c1=O)N1CCCC1. The van der Waals surface area contributed by atoms with Gasteiger partial charge in [0, 0.05) is 12.6 Å². The van der Waals surface area contributed by atoms with Crippen LogP contribution < -0.4 is 5.56 Å². The summed E-state index contributed by atoms with van der Waals surface area (Å²) in [6.07, 6.45) is 2.50. The molecule has 4 nitrogen and oxygen atoms in total. The van der Waals surface area contributed by atoms with Crippen LogP contribution in [0.5, 0.6) is 0 Å². The fraction of sp³-hybridized carbons (Fsp3) is 0.500. The molecule has 2 heterocycles. The zero-order chi connectivity index (χ0) is 14.8. The molecule has 0 amide bonds. The molecule has 0 N–H and O–H groups in total. The van der Waals surface area contributed by atoms with Gasteiger partial charge in [-0.05, 0) is 45.0 Å².